The van der Waals surface area contributed by atoms with Crippen molar-refractivity contribution in [2.45, 2.75) is 24.7 Å². The van der Waals surface area contributed by atoms with Crippen molar-refractivity contribution < 1.29 is 8.42 Å². The Bertz CT molecular complexity index is 459. The number of benzene rings is 1. The Hall–Kier alpha value is -0.0600. The van der Waals surface area contributed by atoms with Crippen molar-refractivity contribution in [3.05, 3.63) is 29.3 Å². The fourth-order valence-electron chi connectivity index (χ4n) is 1.49. The molecule has 1 atom stereocenters. The molecule has 0 heterocycles. The summed E-state index contributed by atoms with van der Waals surface area (Å²) >= 11 is 9.25. The van der Waals surface area contributed by atoms with Crippen LogP contribution in [-0.4, -0.2) is 19.5 Å². The predicted molar refractivity (Wildman–Crippen MR) is 75.7 cm³/mol. The third-order valence-electron chi connectivity index (χ3n) is 2.65. The normalized spacial score (nSPS) is 13.6. The van der Waals surface area contributed by atoms with Gasteiger partial charge in [-0.25, -0.2) is 8.42 Å². The van der Waals surface area contributed by atoms with Crippen molar-refractivity contribution in [1.29, 1.82) is 0 Å². The monoisotopic (exact) mass is 338 g/mol. The molecule has 17 heavy (non-hydrogen) atoms. The van der Waals surface area contributed by atoms with Crippen molar-refractivity contribution in [3.8, 4) is 0 Å². The molecule has 0 fully saturated rings. The molecule has 1 rings (SSSR count). The number of sulfone groups is 1. The highest BCUT2D eigenvalue weighted by atomic mass is 79.9. The smallest absolute Gasteiger partial charge is 0.179 e. The van der Waals surface area contributed by atoms with Gasteiger partial charge in [0.05, 0.1) is 15.7 Å². The summed E-state index contributed by atoms with van der Waals surface area (Å²) in [7, 11) is -3.25. The fraction of sp³-hybridized carbons (Fsp3) is 0.500. The summed E-state index contributed by atoms with van der Waals surface area (Å²) in [5, 5.41) is 1.21. The van der Waals surface area contributed by atoms with E-state index in [1.54, 1.807) is 24.3 Å². The average Bonchev–Trinajstić information content (AvgIpc) is 2.27. The standard InChI is InChI=1S/C12H16BrClO2S/c1-10(6-8-13)7-9-17(15,16)12-5-3-2-4-11(12)14/h2-5,10H,6-9H2,1H3. The summed E-state index contributed by atoms with van der Waals surface area (Å²) < 4.78 is 24.1. The Balaban J connectivity index is 2.73. The van der Waals surface area contributed by atoms with Crippen LogP contribution in [0.25, 0.3) is 0 Å². The molecule has 5 heteroatoms. The second-order valence-electron chi connectivity index (χ2n) is 4.12. The molecule has 1 unspecified atom stereocenters. The first-order valence-corrected chi connectivity index (χ1v) is 8.66. The zero-order valence-corrected chi connectivity index (χ0v) is 12.9. The van der Waals surface area contributed by atoms with E-state index < -0.39 is 9.84 Å². The van der Waals surface area contributed by atoms with E-state index >= 15 is 0 Å². The molecule has 0 radical (unpaired) electrons. The van der Waals surface area contributed by atoms with Gasteiger partial charge in [-0.3, -0.25) is 0 Å². The summed E-state index contributed by atoms with van der Waals surface area (Å²) in [6.45, 7) is 2.06. The van der Waals surface area contributed by atoms with E-state index in [-0.39, 0.29) is 10.6 Å². The van der Waals surface area contributed by atoms with Crippen LogP contribution >= 0.6 is 27.5 Å². The summed E-state index contributed by atoms with van der Waals surface area (Å²) in [4.78, 5) is 0.243. The molecule has 0 aromatic heterocycles. The second-order valence-corrected chi connectivity index (χ2v) is 7.40. The van der Waals surface area contributed by atoms with E-state index in [4.69, 9.17) is 11.6 Å². The van der Waals surface area contributed by atoms with Crippen molar-refractivity contribution >= 4 is 37.4 Å². The van der Waals surface area contributed by atoms with E-state index in [1.807, 2.05) is 0 Å². The molecule has 0 N–H and O–H groups in total. The molecule has 0 saturated carbocycles. The largest absolute Gasteiger partial charge is 0.224 e. The quantitative estimate of drug-likeness (QED) is 0.736. The number of hydrogen-bond donors (Lipinski definition) is 0. The summed E-state index contributed by atoms with van der Waals surface area (Å²) in [5.74, 6) is 0.553. The Morgan fingerprint density at radius 1 is 1.29 bits per heavy atom. The van der Waals surface area contributed by atoms with Crippen LogP contribution in [-0.2, 0) is 9.84 Å². The number of rotatable bonds is 6. The molecule has 1 aromatic carbocycles. The van der Waals surface area contributed by atoms with Gasteiger partial charge in [-0.2, -0.15) is 0 Å². The predicted octanol–water partition coefficient (Wildman–Crippen LogP) is 3.92. The Labute approximate surface area is 116 Å². The molecule has 96 valence electrons. The lowest BCUT2D eigenvalue weighted by atomic mass is 10.1. The maximum absolute atomic E-state index is 12.1. The summed E-state index contributed by atoms with van der Waals surface area (Å²) in [6, 6.07) is 6.60. The molecule has 0 spiro atoms. The molecule has 0 saturated heterocycles. The van der Waals surface area contributed by atoms with Gasteiger partial charge in [0.1, 0.15) is 0 Å². The van der Waals surface area contributed by atoms with Gasteiger partial charge in [-0.05, 0) is 30.9 Å². The zero-order valence-electron chi connectivity index (χ0n) is 9.70. The van der Waals surface area contributed by atoms with Crippen LogP contribution in [0.3, 0.4) is 0 Å². The number of halogens is 2. The molecule has 1 aromatic rings. The van der Waals surface area contributed by atoms with Crippen LogP contribution in [0.4, 0.5) is 0 Å². The lowest BCUT2D eigenvalue weighted by Crippen LogP contribution is -2.11. The van der Waals surface area contributed by atoms with Gasteiger partial charge in [0.25, 0.3) is 0 Å². The van der Waals surface area contributed by atoms with Crippen LogP contribution in [0, 0.1) is 5.92 Å². The Kier molecular flexibility index (Phi) is 5.97. The third-order valence-corrected chi connectivity index (χ3v) is 5.35. The van der Waals surface area contributed by atoms with Crippen molar-refractivity contribution in [2.24, 2.45) is 5.92 Å². The minimum Gasteiger partial charge on any atom is -0.224 e. The molecule has 0 bridgehead atoms. The van der Waals surface area contributed by atoms with E-state index in [2.05, 4.69) is 22.9 Å². The number of alkyl halides is 1. The van der Waals surface area contributed by atoms with Crippen LogP contribution in [0.5, 0.6) is 0 Å². The molecule has 0 amide bonds. The van der Waals surface area contributed by atoms with Gasteiger partial charge >= 0.3 is 0 Å². The zero-order chi connectivity index (χ0) is 12.9. The van der Waals surface area contributed by atoms with Gasteiger partial charge in [0.15, 0.2) is 9.84 Å². The van der Waals surface area contributed by atoms with E-state index in [9.17, 15) is 8.42 Å². The van der Waals surface area contributed by atoms with Gasteiger partial charge in [0, 0.05) is 5.33 Å². The molecule has 2 nitrogen and oxygen atoms in total. The molecule has 0 aliphatic rings. The summed E-state index contributed by atoms with van der Waals surface area (Å²) in [6.07, 6.45) is 1.65. The SMILES string of the molecule is CC(CCBr)CCS(=O)(=O)c1ccccc1Cl. The first kappa shape index (κ1) is 15.0. The van der Waals surface area contributed by atoms with Gasteiger partial charge in [0.2, 0.25) is 0 Å². The van der Waals surface area contributed by atoms with Crippen molar-refractivity contribution in [3.63, 3.8) is 0 Å². The topological polar surface area (TPSA) is 34.1 Å². The minimum absolute atomic E-state index is 0.158. The van der Waals surface area contributed by atoms with Crippen LogP contribution in [0.1, 0.15) is 19.8 Å². The van der Waals surface area contributed by atoms with Crippen LogP contribution < -0.4 is 0 Å². The van der Waals surface area contributed by atoms with Crippen molar-refractivity contribution in [2.75, 3.05) is 11.1 Å². The van der Waals surface area contributed by atoms with E-state index in [0.29, 0.717) is 17.4 Å². The molecule has 0 aliphatic carbocycles. The van der Waals surface area contributed by atoms with E-state index in [1.165, 1.54) is 0 Å². The summed E-state index contributed by atoms with van der Waals surface area (Å²) in [5.41, 5.74) is 0. The second kappa shape index (κ2) is 6.76. The maximum atomic E-state index is 12.1. The molecular formula is C12H16BrClO2S. The number of hydrogen-bond acceptors (Lipinski definition) is 2. The Morgan fingerprint density at radius 2 is 1.94 bits per heavy atom. The minimum atomic E-state index is -3.25. The van der Waals surface area contributed by atoms with Gasteiger partial charge in [-0.15, -0.1) is 0 Å². The average molecular weight is 340 g/mol. The van der Waals surface area contributed by atoms with Gasteiger partial charge < -0.3 is 0 Å². The van der Waals surface area contributed by atoms with Crippen molar-refractivity contribution in [1.82, 2.24) is 0 Å². The Morgan fingerprint density at radius 3 is 2.53 bits per heavy atom. The first-order chi connectivity index (χ1) is 7.97. The van der Waals surface area contributed by atoms with Gasteiger partial charge in [-0.1, -0.05) is 46.6 Å². The lowest BCUT2D eigenvalue weighted by molar-refractivity contribution is 0.536. The first-order valence-electron chi connectivity index (χ1n) is 5.50. The van der Waals surface area contributed by atoms with Crippen LogP contribution in [0.2, 0.25) is 5.02 Å². The molecule has 0 aliphatic heterocycles. The highest BCUT2D eigenvalue weighted by molar-refractivity contribution is 9.09. The maximum Gasteiger partial charge on any atom is 0.179 e. The fourth-order valence-corrected chi connectivity index (χ4v) is 4.35. The highest BCUT2D eigenvalue weighted by Gasteiger charge is 2.18. The third kappa shape index (κ3) is 4.60. The van der Waals surface area contributed by atoms with Crippen LogP contribution in [0.15, 0.2) is 29.2 Å². The highest BCUT2D eigenvalue weighted by Crippen LogP contribution is 2.23. The lowest BCUT2D eigenvalue weighted by Gasteiger charge is -2.10. The molecular weight excluding hydrogens is 324 g/mol. The van der Waals surface area contributed by atoms with E-state index in [0.717, 1.165) is 11.8 Å².